The van der Waals surface area contributed by atoms with Gasteiger partial charge >= 0.3 is 0 Å². The predicted octanol–water partition coefficient (Wildman–Crippen LogP) is 3.92. The molecule has 1 unspecified atom stereocenters. The summed E-state index contributed by atoms with van der Waals surface area (Å²) in [6.07, 6.45) is 3.53. The zero-order valence-corrected chi connectivity index (χ0v) is 12.0. The minimum Gasteiger partial charge on any atom is -0.309 e. The molecule has 1 aromatic rings. The highest BCUT2D eigenvalue weighted by Crippen LogP contribution is 2.37. The average molecular weight is 283 g/mol. The van der Waals surface area contributed by atoms with Crippen LogP contribution in [0.4, 0.5) is 5.69 Å². The Bertz CT molecular complexity index is 488. The van der Waals surface area contributed by atoms with Crippen LogP contribution in [0.2, 0.25) is 5.02 Å². The maximum Gasteiger partial charge on any atom is 0.273 e. The summed E-state index contributed by atoms with van der Waals surface area (Å²) in [7, 11) is 0. The lowest BCUT2D eigenvalue weighted by atomic mass is 9.87. The molecule has 104 valence electrons. The number of nitrogens with zero attached hydrogens (tertiary/aromatic N) is 1. The molecule has 1 aliphatic rings. The number of halogens is 1. The molecule has 19 heavy (non-hydrogen) atoms. The molecule has 2 rings (SSSR count). The fourth-order valence-electron chi connectivity index (χ4n) is 2.81. The van der Waals surface area contributed by atoms with Crippen molar-refractivity contribution in [2.24, 2.45) is 5.41 Å². The molecule has 1 aliphatic carbocycles. The average Bonchev–Trinajstić information content (AvgIpc) is 2.65. The lowest BCUT2D eigenvalue weighted by molar-refractivity contribution is -0.385. The Morgan fingerprint density at radius 3 is 2.84 bits per heavy atom. The summed E-state index contributed by atoms with van der Waals surface area (Å²) in [5.41, 5.74) is 1.04. The zero-order chi connectivity index (χ0) is 14.0. The van der Waals surface area contributed by atoms with E-state index in [4.69, 9.17) is 11.6 Å². The third-order valence-electron chi connectivity index (χ3n) is 4.03. The molecule has 1 atom stereocenters. The number of hydrogen-bond acceptors (Lipinski definition) is 3. The molecule has 0 bridgehead atoms. The van der Waals surface area contributed by atoms with Gasteiger partial charge in [-0.25, -0.2) is 0 Å². The van der Waals surface area contributed by atoms with Crippen LogP contribution in [-0.4, -0.2) is 11.0 Å². The summed E-state index contributed by atoms with van der Waals surface area (Å²) >= 11 is 5.92. The van der Waals surface area contributed by atoms with Gasteiger partial charge in [0, 0.05) is 29.2 Å². The normalized spacial score (nSPS) is 21.5. The third kappa shape index (κ3) is 3.25. The van der Waals surface area contributed by atoms with Gasteiger partial charge in [-0.15, -0.1) is 0 Å². The van der Waals surface area contributed by atoms with Crippen molar-refractivity contribution in [3.8, 4) is 0 Å². The summed E-state index contributed by atoms with van der Waals surface area (Å²) < 4.78 is 0. The van der Waals surface area contributed by atoms with Crippen LogP contribution in [0.1, 0.15) is 38.7 Å². The van der Waals surface area contributed by atoms with Gasteiger partial charge in [-0.1, -0.05) is 31.9 Å². The van der Waals surface area contributed by atoms with Crippen molar-refractivity contribution in [2.75, 3.05) is 0 Å². The second kappa shape index (κ2) is 5.47. The summed E-state index contributed by atoms with van der Waals surface area (Å²) in [6, 6.07) is 5.11. The third-order valence-corrected chi connectivity index (χ3v) is 4.27. The van der Waals surface area contributed by atoms with Gasteiger partial charge in [-0.3, -0.25) is 10.1 Å². The van der Waals surface area contributed by atoms with Gasteiger partial charge < -0.3 is 5.32 Å². The van der Waals surface area contributed by atoms with Gasteiger partial charge in [0.05, 0.1) is 4.92 Å². The van der Waals surface area contributed by atoms with Crippen molar-refractivity contribution in [2.45, 2.75) is 45.7 Å². The number of rotatable bonds is 4. The number of nitrogens with one attached hydrogen (secondary N) is 1. The first-order valence-corrected chi connectivity index (χ1v) is 6.94. The van der Waals surface area contributed by atoms with E-state index in [2.05, 4.69) is 19.2 Å². The van der Waals surface area contributed by atoms with Crippen LogP contribution in [0.25, 0.3) is 0 Å². The van der Waals surface area contributed by atoms with Crippen molar-refractivity contribution < 1.29 is 4.92 Å². The lowest BCUT2D eigenvalue weighted by Crippen LogP contribution is -2.37. The van der Waals surface area contributed by atoms with Crippen molar-refractivity contribution in [1.29, 1.82) is 0 Å². The second-order valence-electron chi connectivity index (χ2n) is 5.84. The molecule has 0 heterocycles. The van der Waals surface area contributed by atoms with Crippen LogP contribution >= 0.6 is 11.6 Å². The Morgan fingerprint density at radius 1 is 1.53 bits per heavy atom. The molecule has 0 saturated heterocycles. The number of hydrogen-bond donors (Lipinski definition) is 1. The summed E-state index contributed by atoms with van der Waals surface area (Å²) in [4.78, 5) is 10.6. The van der Waals surface area contributed by atoms with Gasteiger partial charge in [0.2, 0.25) is 0 Å². The van der Waals surface area contributed by atoms with Crippen molar-refractivity contribution >= 4 is 17.3 Å². The van der Waals surface area contributed by atoms with E-state index in [1.165, 1.54) is 18.9 Å². The van der Waals surface area contributed by atoms with Crippen molar-refractivity contribution in [3.63, 3.8) is 0 Å². The molecule has 5 heteroatoms. The molecule has 1 N–H and O–H groups in total. The molecule has 0 radical (unpaired) electrons. The monoisotopic (exact) mass is 282 g/mol. The molecule has 4 nitrogen and oxygen atoms in total. The van der Waals surface area contributed by atoms with E-state index in [9.17, 15) is 10.1 Å². The highest BCUT2D eigenvalue weighted by molar-refractivity contribution is 6.30. The van der Waals surface area contributed by atoms with Gasteiger partial charge in [-0.05, 0) is 30.4 Å². The lowest BCUT2D eigenvalue weighted by Gasteiger charge is -2.28. The van der Waals surface area contributed by atoms with Crippen LogP contribution in [-0.2, 0) is 6.54 Å². The van der Waals surface area contributed by atoms with E-state index in [1.807, 2.05) is 0 Å². The Morgan fingerprint density at radius 2 is 2.26 bits per heavy atom. The molecule has 0 aromatic heterocycles. The van der Waals surface area contributed by atoms with E-state index >= 15 is 0 Å². The number of nitro benzene ring substituents is 1. The molecule has 1 fully saturated rings. The van der Waals surface area contributed by atoms with Crippen molar-refractivity contribution in [3.05, 3.63) is 38.9 Å². The van der Waals surface area contributed by atoms with Crippen molar-refractivity contribution in [1.82, 2.24) is 5.32 Å². The minimum atomic E-state index is -0.354. The standard InChI is InChI=1S/C14H19ClN2O2/c1-14(2)7-3-4-13(14)16-9-10-8-11(15)5-6-12(10)17(18)19/h5-6,8,13,16H,3-4,7,9H2,1-2H3. The van der Waals surface area contributed by atoms with Crippen LogP contribution < -0.4 is 5.32 Å². The Balaban J connectivity index is 2.11. The van der Waals surface area contributed by atoms with Gasteiger partial charge in [0.25, 0.3) is 5.69 Å². The molecule has 1 saturated carbocycles. The van der Waals surface area contributed by atoms with E-state index in [1.54, 1.807) is 12.1 Å². The van der Waals surface area contributed by atoms with Crippen LogP contribution in [0.5, 0.6) is 0 Å². The Kier molecular flexibility index (Phi) is 4.11. The van der Waals surface area contributed by atoms with Crippen LogP contribution in [0.15, 0.2) is 18.2 Å². The Hall–Kier alpha value is -1.13. The highest BCUT2D eigenvalue weighted by Gasteiger charge is 2.34. The maximum absolute atomic E-state index is 11.0. The zero-order valence-electron chi connectivity index (χ0n) is 11.3. The largest absolute Gasteiger partial charge is 0.309 e. The molecule has 0 spiro atoms. The van der Waals surface area contributed by atoms with Gasteiger partial charge in [0.15, 0.2) is 0 Å². The Labute approximate surface area is 118 Å². The quantitative estimate of drug-likeness (QED) is 0.673. The predicted molar refractivity (Wildman–Crippen MR) is 76.4 cm³/mol. The van der Waals surface area contributed by atoms with Crippen LogP contribution in [0.3, 0.4) is 0 Å². The minimum absolute atomic E-state index is 0.132. The molecule has 0 amide bonds. The first-order valence-electron chi connectivity index (χ1n) is 6.56. The highest BCUT2D eigenvalue weighted by atomic mass is 35.5. The maximum atomic E-state index is 11.0. The molecule has 1 aromatic carbocycles. The SMILES string of the molecule is CC1(C)CCCC1NCc1cc(Cl)ccc1[N+](=O)[O-]. The molecular formula is C14H19ClN2O2. The van der Waals surface area contributed by atoms with Gasteiger partial charge in [0.1, 0.15) is 0 Å². The first kappa shape index (κ1) is 14.3. The van der Waals surface area contributed by atoms with E-state index in [-0.39, 0.29) is 16.0 Å². The second-order valence-corrected chi connectivity index (χ2v) is 6.28. The van der Waals surface area contributed by atoms with E-state index in [0.717, 1.165) is 6.42 Å². The van der Waals surface area contributed by atoms with Crippen LogP contribution in [0, 0.1) is 15.5 Å². The summed E-state index contributed by atoms with van der Waals surface area (Å²) in [5, 5.41) is 15.0. The fourth-order valence-corrected chi connectivity index (χ4v) is 3.01. The van der Waals surface area contributed by atoms with Gasteiger partial charge in [-0.2, -0.15) is 0 Å². The first-order chi connectivity index (χ1) is 8.90. The molecule has 0 aliphatic heterocycles. The summed E-state index contributed by atoms with van der Waals surface area (Å²) in [6.45, 7) is 4.97. The topological polar surface area (TPSA) is 55.2 Å². The number of benzene rings is 1. The fraction of sp³-hybridized carbons (Fsp3) is 0.571. The van der Waals surface area contributed by atoms with E-state index < -0.39 is 0 Å². The summed E-state index contributed by atoms with van der Waals surface area (Å²) in [5.74, 6) is 0. The molecular weight excluding hydrogens is 264 g/mol. The van der Waals surface area contributed by atoms with E-state index in [0.29, 0.717) is 23.2 Å². The number of nitro groups is 1. The smallest absolute Gasteiger partial charge is 0.273 e.